The summed E-state index contributed by atoms with van der Waals surface area (Å²) in [6, 6.07) is 0. The molecular formula is C11H13N3O6S. The maximum absolute atomic E-state index is 11.6. The number of nitrogens with zero attached hydrogens (tertiary/aromatic N) is 1. The Morgan fingerprint density at radius 1 is 1.52 bits per heavy atom. The average molecular weight is 315 g/mol. The number of nitrogens with one attached hydrogen (secondary N) is 1. The number of thioether (sulfide) groups is 1. The van der Waals surface area contributed by atoms with E-state index < -0.39 is 24.0 Å². The van der Waals surface area contributed by atoms with Crippen LogP contribution in [0.5, 0.6) is 0 Å². The van der Waals surface area contributed by atoms with E-state index in [0.29, 0.717) is 0 Å². The van der Waals surface area contributed by atoms with E-state index in [1.54, 1.807) is 0 Å². The van der Waals surface area contributed by atoms with Crippen LogP contribution in [0, 0.1) is 0 Å². The average Bonchev–Trinajstić information content (AvgIpc) is 2.34. The molecule has 0 aliphatic carbocycles. The van der Waals surface area contributed by atoms with Crippen molar-refractivity contribution in [1.29, 1.82) is 0 Å². The normalized spacial score (nSPS) is 24.0. The number of carbonyl (C=O) groups excluding carboxylic acids is 3. The SMILES string of the molecule is CC(=O)NC1S[C@@H]2CC(=O)N2C(C(=O)O)=C1COC(N)=O. The van der Waals surface area contributed by atoms with Crippen LogP contribution in [-0.2, 0) is 19.1 Å². The van der Waals surface area contributed by atoms with Crippen molar-refractivity contribution in [2.75, 3.05) is 6.61 Å². The second-order valence-corrected chi connectivity index (χ2v) is 5.71. The Morgan fingerprint density at radius 2 is 2.19 bits per heavy atom. The zero-order valence-corrected chi connectivity index (χ0v) is 11.8. The second-order valence-electron chi connectivity index (χ2n) is 4.43. The van der Waals surface area contributed by atoms with E-state index in [0.717, 1.165) is 4.90 Å². The van der Waals surface area contributed by atoms with Crippen LogP contribution in [0.4, 0.5) is 4.79 Å². The topological polar surface area (TPSA) is 139 Å². The van der Waals surface area contributed by atoms with Crippen molar-refractivity contribution in [3.63, 3.8) is 0 Å². The summed E-state index contributed by atoms with van der Waals surface area (Å²) in [5.41, 5.74) is 4.72. The van der Waals surface area contributed by atoms with Crippen molar-refractivity contribution >= 4 is 35.6 Å². The summed E-state index contributed by atoms with van der Waals surface area (Å²) in [7, 11) is 0. The Morgan fingerprint density at radius 3 is 2.67 bits per heavy atom. The quantitative estimate of drug-likeness (QED) is 0.576. The second kappa shape index (κ2) is 5.64. The minimum absolute atomic E-state index is 0.116. The Kier molecular flexibility index (Phi) is 4.07. The molecule has 2 aliphatic rings. The zero-order valence-electron chi connectivity index (χ0n) is 11.0. The highest BCUT2D eigenvalue weighted by molar-refractivity contribution is 8.00. The lowest BCUT2D eigenvalue weighted by Gasteiger charge is -2.46. The van der Waals surface area contributed by atoms with Crippen molar-refractivity contribution < 1.29 is 29.0 Å². The van der Waals surface area contributed by atoms with Gasteiger partial charge in [-0.05, 0) is 0 Å². The molecule has 0 aromatic rings. The number of fused-ring (bicyclic) bond motifs is 1. The molecule has 1 fully saturated rings. The number of primary amides is 1. The van der Waals surface area contributed by atoms with Gasteiger partial charge < -0.3 is 20.9 Å². The summed E-state index contributed by atoms with van der Waals surface area (Å²) in [6.07, 6.45) is -0.877. The van der Waals surface area contributed by atoms with E-state index in [4.69, 9.17) is 5.73 Å². The number of carboxylic acids is 1. The molecule has 2 atom stereocenters. The fourth-order valence-electron chi connectivity index (χ4n) is 2.12. The molecule has 114 valence electrons. The number of carboxylic acid groups (broad SMARTS) is 1. The van der Waals surface area contributed by atoms with E-state index in [1.165, 1.54) is 18.7 Å². The van der Waals surface area contributed by atoms with Gasteiger partial charge in [-0.2, -0.15) is 0 Å². The Bertz CT molecular complexity index is 560. The maximum atomic E-state index is 11.6. The van der Waals surface area contributed by atoms with Gasteiger partial charge in [0, 0.05) is 12.5 Å². The van der Waals surface area contributed by atoms with Gasteiger partial charge in [-0.25, -0.2) is 9.59 Å². The summed E-state index contributed by atoms with van der Waals surface area (Å²) in [6.45, 7) is 0.872. The molecule has 1 saturated heterocycles. The smallest absolute Gasteiger partial charge is 0.404 e. The molecule has 0 saturated carbocycles. The van der Waals surface area contributed by atoms with Gasteiger partial charge in [0.05, 0.1) is 11.8 Å². The third-order valence-corrected chi connectivity index (χ3v) is 4.33. The first-order valence-electron chi connectivity index (χ1n) is 5.94. The van der Waals surface area contributed by atoms with Crippen molar-refractivity contribution in [3.8, 4) is 0 Å². The van der Waals surface area contributed by atoms with Crippen LogP contribution >= 0.6 is 11.8 Å². The van der Waals surface area contributed by atoms with E-state index in [2.05, 4.69) is 10.1 Å². The van der Waals surface area contributed by atoms with Crippen molar-refractivity contribution in [2.45, 2.75) is 24.1 Å². The number of nitrogens with two attached hydrogens (primary N) is 1. The molecule has 21 heavy (non-hydrogen) atoms. The van der Waals surface area contributed by atoms with Crippen LogP contribution < -0.4 is 11.1 Å². The minimum Gasteiger partial charge on any atom is -0.477 e. The maximum Gasteiger partial charge on any atom is 0.404 e. The van der Waals surface area contributed by atoms with E-state index >= 15 is 0 Å². The molecule has 10 heteroatoms. The summed E-state index contributed by atoms with van der Waals surface area (Å²) in [5.74, 6) is -2.03. The fraction of sp³-hybridized carbons (Fsp3) is 0.455. The van der Waals surface area contributed by atoms with Gasteiger partial charge in [-0.3, -0.25) is 14.5 Å². The lowest BCUT2D eigenvalue weighted by Crippen LogP contribution is -2.57. The number of hydrogen-bond donors (Lipinski definition) is 3. The van der Waals surface area contributed by atoms with Gasteiger partial charge in [-0.15, -0.1) is 11.8 Å². The number of β-lactam (4-membered cyclic amide) rings is 1. The number of aliphatic carboxylic acids is 1. The van der Waals surface area contributed by atoms with Gasteiger partial charge in [0.1, 0.15) is 17.7 Å². The molecule has 3 amide bonds. The molecular weight excluding hydrogens is 302 g/mol. The summed E-state index contributed by atoms with van der Waals surface area (Å²) in [4.78, 5) is 46.1. The summed E-state index contributed by atoms with van der Waals surface area (Å²) >= 11 is 1.21. The molecule has 0 aromatic carbocycles. The summed E-state index contributed by atoms with van der Waals surface area (Å²) in [5, 5.41) is 10.9. The highest BCUT2D eigenvalue weighted by Crippen LogP contribution is 2.43. The van der Waals surface area contributed by atoms with Crippen LogP contribution in [0.2, 0.25) is 0 Å². The molecule has 0 bridgehead atoms. The van der Waals surface area contributed by atoms with Crippen LogP contribution in [0.1, 0.15) is 13.3 Å². The Labute approximate surface area is 123 Å². The monoisotopic (exact) mass is 315 g/mol. The standard InChI is InChI=1S/C11H13N3O6S/c1-4(15)13-9-5(3-20-11(12)19)8(10(17)18)14-6(16)2-7(14)21-9/h7,9H,2-3H2,1H3,(H2,12,19)(H,13,15)(H,17,18)/t7-,9?/m1/s1. The lowest BCUT2D eigenvalue weighted by molar-refractivity contribution is -0.146. The van der Waals surface area contributed by atoms with Gasteiger partial charge in [-0.1, -0.05) is 0 Å². The Hall–Kier alpha value is -2.23. The highest BCUT2D eigenvalue weighted by Gasteiger charge is 2.48. The van der Waals surface area contributed by atoms with Crippen molar-refractivity contribution in [3.05, 3.63) is 11.3 Å². The number of ether oxygens (including phenoxy) is 1. The van der Waals surface area contributed by atoms with Gasteiger partial charge in [0.2, 0.25) is 11.8 Å². The van der Waals surface area contributed by atoms with Crippen LogP contribution in [0.3, 0.4) is 0 Å². The lowest BCUT2D eigenvalue weighted by atomic mass is 10.1. The fourth-order valence-corrected chi connectivity index (χ4v) is 3.60. The predicted molar refractivity (Wildman–Crippen MR) is 70.6 cm³/mol. The molecule has 2 heterocycles. The number of amides is 3. The van der Waals surface area contributed by atoms with E-state index in [-0.39, 0.29) is 34.9 Å². The molecule has 0 aromatic heterocycles. The number of hydrogen-bond acceptors (Lipinski definition) is 6. The van der Waals surface area contributed by atoms with Crippen LogP contribution in [-0.4, -0.2) is 51.2 Å². The van der Waals surface area contributed by atoms with Crippen molar-refractivity contribution in [2.24, 2.45) is 5.73 Å². The third-order valence-electron chi connectivity index (χ3n) is 2.97. The molecule has 0 radical (unpaired) electrons. The van der Waals surface area contributed by atoms with Gasteiger partial charge in [0.25, 0.3) is 0 Å². The zero-order chi connectivity index (χ0) is 15.7. The third kappa shape index (κ3) is 2.94. The van der Waals surface area contributed by atoms with Gasteiger partial charge >= 0.3 is 12.1 Å². The number of carbonyl (C=O) groups is 4. The predicted octanol–water partition coefficient (Wildman–Crippen LogP) is -0.812. The summed E-state index contributed by atoms with van der Waals surface area (Å²) < 4.78 is 4.63. The van der Waals surface area contributed by atoms with E-state index in [1.807, 2.05) is 0 Å². The molecule has 2 rings (SSSR count). The van der Waals surface area contributed by atoms with Crippen molar-refractivity contribution in [1.82, 2.24) is 10.2 Å². The first-order chi connectivity index (χ1) is 9.81. The minimum atomic E-state index is -1.33. The first-order valence-corrected chi connectivity index (χ1v) is 6.88. The Balaban J connectivity index is 2.38. The molecule has 1 unspecified atom stereocenters. The van der Waals surface area contributed by atoms with Crippen LogP contribution in [0.25, 0.3) is 0 Å². The van der Waals surface area contributed by atoms with E-state index in [9.17, 15) is 24.3 Å². The van der Waals surface area contributed by atoms with Crippen LogP contribution in [0.15, 0.2) is 11.3 Å². The highest BCUT2D eigenvalue weighted by atomic mass is 32.2. The first kappa shape index (κ1) is 15.2. The molecule has 4 N–H and O–H groups in total. The molecule has 2 aliphatic heterocycles. The largest absolute Gasteiger partial charge is 0.477 e. The van der Waals surface area contributed by atoms with Gasteiger partial charge in [0.15, 0.2) is 0 Å². The number of rotatable bonds is 4. The molecule has 0 spiro atoms. The molecule has 9 nitrogen and oxygen atoms in total.